The van der Waals surface area contributed by atoms with E-state index >= 15 is 0 Å². The summed E-state index contributed by atoms with van der Waals surface area (Å²) in [5.74, 6) is -0.332. The van der Waals surface area contributed by atoms with Crippen LogP contribution in [0.1, 0.15) is 37.9 Å². The molecule has 2 rings (SSSR count). The van der Waals surface area contributed by atoms with E-state index in [0.29, 0.717) is 25.8 Å². The third kappa shape index (κ3) is 4.74. The third-order valence-corrected chi connectivity index (χ3v) is 3.53. The lowest BCUT2D eigenvalue weighted by Gasteiger charge is -2.20. The minimum Gasteiger partial charge on any atom is -0.456 e. The first-order chi connectivity index (χ1) is 10.2. The van der Waals surface area contributed by atoms with Gasteiger partial charge in [-0.1, -0.05) is 49.4 Å². The zero-order valence-corrected chi connectivity index (χ0v) is 12.2. The molecule has 0 radical (unpaired) electrons. The summed E-state index contributed by atoms with van der Waals surface area (Å²) in [5.41, 5.74) is 0.895. The van der Waals surface area contributed by atoms with Gasteiger partial charge in [0.1, 0.15) is 6.10 Å². The average molecular weight is 287 g/mol. The summed E-state index contributed by atoms with van der Waals surface area (Å²) in [5, 5.41) is 2.87. The summed E-state index contributed by atoms with van der Waals surface area (Å²) in [7, 11) is 0. The minimum atomic E-state index is -0.432. The summed E-state index contributed by atoms with van der Waals surface area (Å²) in [6, 6.07) is 9.50. The van der Waals surface area contributed by atoms with Crippen LogP contribution in [0.5, 0.6) is 0 Å². The van der Waals surface area contributed by atoms with E-state index in [1.54, 1.807) is 0 Å². The lowest BCUT2D eigenvalue weighted by Crippen LogP contribution is -2.34. The Labute approximate surface area is 125 Å². The average Bonchev–Trinajstić information content (AvgIpc) is 2.50. The van der Waals surface area contributed by atoms with Crippen molar-refractivity contribution in [1.29, 1.82) is 0 Å². The van der Waals surface area contributed by atoms with E-state index in [0.717, 1.165) is 5.56 Å². The molecule has 0 fully saturated rings. The van der Waals surface area contributed by atoms with Crippen LogP contribution < -0.4 is 5.32 Å². The number of rotatable bonds is 1. The molecule has 1 N–H and O–H groups in total. The van der Waals surface area contributed by atoms with Crippen molar-refractivity contribution in [3.05, 3.63) is 48.0 Å². The summed E-state index contributed by atoms with van der Waals surface area (Å²) in [4.78, 5) is 23.9. The summed E-state index contributed by atoms with van der Waals surface area (Å²) in [6.45, 7) is 2.21. The van der Waals surface area contributed by atoms with E-state index in [4.69, 9.17) is 4.74 Å². The number of allylic oxidation sites excluding steroid dienone is 2. The van der Waals surface area contributed by atoms with E-state index in [9.17, 15) is 9.59 Å². The highest BCUT2D eigenvalue weighted by Gasteiger charge is 2.19. The van der Waals surface area contributed by atoms with Crippen molar-refractivity contribution in [2.75, 3.05) is 6.54 Å². The fourth-order valence-electron chi connectivity index (χ4n) is 2.21. The van der Waals surface area contributed by atoms with E-state index in [1.165, 1.54) is 0 Å². The quantitative estimate of drug-likeness (QED) is 0.638. The maximum Gasteiger partial charge on any atom is 0.306 e. The topological polar surface area (TPSA) is 55.4 Å². The highest BCUT2D eigenvalue weighted by Crippen LogP contribution is 2.18. The van der Waals surface area contributed by atoms with Gasteiger partial charge < -0.3 is 10.1 Å². The number of nitrogens with one attached hydrogen (secondary N) is 1. The van der Waals surface area contributed by atoms with Gasteiger partial charge in [0.25, 0.3) is 0 Å². The first-order valence-corrected chi connectivity index (χ1v) is 7.34. The Balaban J connectivity index is 2.13. The molecule has 0 saturated carbocycles. The highest BCUT2D eigenvalue weighted by atomic mass is 16.5. The fourth-order valence-corrected chi connectivity index (χ4v) is 2.21. The number of carbonyl (C=O) groups excluding carboxylic acids is 2. The maximum absolute atomic E-state index is 12.0. The minimum absolute atomic E-state index is 0.0165. The molecule has 0 aliphatic carbocycles. The van der Waals surface area contributed by atoms with Crippen molar-refractivity contribution in [2.24, 2.45) is 5.92 Å². The van der Waals surface area contributed by atoms with Gasteiger partial charge in [0.05, 0.1) is 6.54 Å². The lowest BCUT2D eigenvalue weighted by atomic mass is 10.0. The standard InChI is InChI=1S/C17H21NO3/c1-13-8-4-2-7-11-16(19)21-15(12-18-17(13)20)14-9-5-3-6-10-14/h2-6,9-10,13,15H,7-8,11-12H2,1H3,(H,18,20)/b4-2+/t13-,15-/m1/s1. The zero-order chi connectivity index (χ0) is 15.1. The second-order valence-corrected chi connectivity index (χ2v) is 5.28. The fraction of sp³-hybridized carbons (Fsp3) is 0.412. The van der Waals surface area contributed by atoms with Crippen LogP contribution in [0.3, 0.4) is 0 Å². The lowest BCUT2D eigenvalue weighted by molar-refractivity contribution is -0.150. The Hall–Kier alpha value is -2.10. The first kappa shape index (κ1) is 15.3. The Morgan fingerprint density at radius 2 is 1.90 bits per heavy atom. The van der Waals surface area contributed by atoms with Crippen LogP contribution in [0.25, 0.3) is 0 Å². The molecule has 1 amide bonds. The molecule has 1 aliphatic heterocycles. The van der Waals surface area contributed by atoms with Crippen LogP contribution in [0.4, 0.5) is 0 Å². The van der Waals surface area contributed by atoms with Gasteiger partial charge in [-0.3, -0.25) is 9.59 Å². The van der Waals surface area contributed by atoms with Crippen LogP contribution in [-0.2, 0) is 14.3 Å². The normalized spacial score (nSPS) is 26.0. The second kappa shape index (κ2) is 7.62. The smallest absolute Gasteiger partial charge is 0.306 e. The molecule has 2 atom stereocenters. The molecule has 0 saturated heterocycles. The number of hydrogen-bond acceptors (Lipinski definition) is 3. The molecule has 4 nitrogen and oxygen atoms in total. The molecule has 1 heterocycles. The Morgan fingerprint density at radius 1 is 1.14 bits per heavy atom. The molecule has 0 bridgehead atoms. The van der Waals surface area contributed by atoms with Crippen LogP contribution in [0.15, 0.2) is 42.5 Å². The number of benzene rings is 1. The van der Waals surface area contributed by atoms with Crippen molar-refractivity contribution >= 4 is 11.9 Å². The van der Waals surface area contributed by atoms with Gasteiger partial charge in [-0.2, -0.15) is 0 Å². The van der Waals surface area contributed by atoms with Crippen molar-refractivity contribution in [3.8, 4) is 0 Å². The molecule has 0 unspecified atom stereocenters. The third-order valence-electron chi connectivity index (χ3n) is 3.53. The van der Waals surface area contributed by atoms with Crippen molar-refractivity contribution in [2.45, 2.75) is 32.3 Å². The molecule has 1 aromatic carbocycles. The van der Waals surface area contributed by atoms with Crippen LogP contribution in [0.2, 0.25) is 0 Å². The largest absolute Gasteiger partial charge is 0.456 e. The number of amides is 1. The van der Waals surface area contributed by atoms with Crippen LogP contribution >= 0.6 is 0 Å². The Morgan fingerprint density at radius 3 is 2.67 bits per heavy atom. The molecule has 112 valence electrons. The number of esters is 1. The van der Waals surface area contributed by atoms with Crippen LogP contribution in [-0.4, -0.2) is 18.4 Å². The molecule has 0 spiro atoms. The Kier molecular flexibility index (Phi) is 5.55. The molecule has 0 aromatic heterocycles. The van der Waals surface area contributed by atoms with E-state index in [2.05, 4.69) is 5.32 Å². The van der Waals surface area contributed by atoms with Gasteiger partial charge >= 0.3 is 5.97 Å². The van der Waals surface area contributed by atoms with Gasteiger partial charge in [-0.25, -0.2) is 0 Å². The predicted octanol–water partition coefficient (Wildman–Crippen LogP) is 2.76. The molecule has 1 aliphatic rings. The van der Waals surface area contributed by atoms with Crippen molar-refractivity contribution in [1.82, 2.24) is 5.32 Å². The molecule has 4 heteroatoms. The summed E-state index contributed by atoms with van der Waals surface area (Å²) >= 11 is 0. The molecule has 1 aromatic rings. The molecule has 21 heavy (non-hydrogen) atoms. The van der Waals surface area contributed by atoms with E-state index in [-0.39, 0.29) is 17.8 Å². The van der Waals surface area contributed by atoms with Gasteiger partial charge in [-0.15, -0.1) is 0 Å². The van der Waals surface area contributed by atoms with Crippen molar-refractivity contribution < 1.29 is 14.3 Å². The number of carbonyl (C=O) groups is 2. The van der Waals surface area contributed by atoms with Gasteiger partial charge in [-0.05, 0) is 18.4 Å². The molecular formula is C17H21NO3. The Bertz CT molecular complexity index is 510. The predicted molar refractivity (Wildman–Crippen MR) is 80.4 cm³/mol. The molecular weight excluding hydrogens is 266 g/mol. The van der Waals surface area contributed by atoms with Gasteiger partial charge in [0.15, 0.2) is 0 Å². The SMILES string of the molecule is C[C@@H]1C/C=C/CCC(=O)O[C@@H](c2ccccc2)CNC1=O. The number of cyclic esters (lactones) is 1. The summed E-state index contributed by atoms with van der Waals surface area (Å²) in [6.07, 6.45) is 5.16. The van der Waals surface area contributed by atoms with Gasteiger partial charge in [0, 0.05) is 12.3 Å². The monoisotopic (exact) mass is 287 g/mol. The highest BCUT2D eigenvalue weighted by molar-refractivity contribution is 5.78. The number of hydrogen-bond donors (Lipinski definition) is 1. The van der Waals surface area contributed by atoms with Crippen LogP contribution in [0, 0.1) is 5.92 Å². The van der Waals surface area contributed by atoms with Crippen molar-refractivity contribution in [3.63, 3.8) is 0 Å². The summed E-state index contributed by atoms with van der Waals surface area (Å²) < 4.78 is 5.51. The van der Waals surface area contributed by atoms with E-state index in [1.807, 2.05) is 49.4 Å². The first-order valence-electron chi connectivity index (χ1n) is 7.34. The maximum atomic E-state index is 12.0. The van der Waals surface area contributed by atoms with E-state index < -0.39 is 6.10 Å². The number of ether oxygens (including phenoxy) is 1. The second-order valence-electron chi connectivity index (χ2n) is 5.28. The zero-order valence-electron chi connectivity index (χ0n) is 12.2. The van der Waals surface area contributed by atoms with Gasteiger partial charge in [0.2, 0.25) is 5.91 Å².